The number of imidazole rings is 2. The van der Waals surface area contributed by atoms with Crippen molar-refractivity contribution in [3.8, 4) is 5.69 Å². The maximum absolute atomic E-state index is 4.51. The van der Waals surface area contributed by atoms with Crippen LogP contribution in [0.25, 0.3) is 5.69 Å². The van der Waals surface area contributed by atoms with Crippen molar-refractivity contribution >= 4 is 24.8 Å². The van der Waals surface area contributed by atoms with E-state index >= 15 is 0 Å². The first-order chi connectivity index (χ1) is 10.2. The highest BCUT2D eigenvalue weighted by Gasteiger charge is 2.05. The number of benzene rings is 1. The van der Waals surface area contributed by atoms with Crippen LogP contribution in [0.15, 0.2) is 43.1 Å². The summed E-state index contributed by atoms with van der Waals surface area (Å²) >= 11 is 0. The molecule has 6 heteroatoms. The second kappa shape index (κ2) is 8.18. The molecule has 0 aliphatic heterocycles. The zero-order valence-electron chi connectivity index (χ0n) is 13.6. The Morgan fingerprint density at radius 2 is 1.83 bits per heavy atom. The van der Waals surface area contributed by atoms with Gasteiger partial charge in [0.25, 0.3) is 0 Å². The summed E-state index contributed by atoms with van der Waals surface area (Å²) in [6.45, 7) is 7.15. The van der Waals surface area contributed by atoms with E-state index in [2.05, 4.69) is 64.3 Å². The summed E-state index contributed by atoms with van der Waals surface area (Å²) in [5.41, 5.74) is 4.80. The molecule has 0 N–H and O–H groups in total. The van der Waals surface area contributed by atoms with Gasteiger partial charge in [-0.1, -0.05) is 13.0 Å². The summed E-state index contributed by atoms with van der Waals surface area (Å²) in [7, 11) is 0. The molecule has 0 radical (unpaired) electrons. The number of hydrogen-bond acceptors (Lipinski definition) is 2. The molecule has 4 nitrogen and oxygen atoms in total. The van der Waals surface area contributed by atoms with E-state index in [4.69, 9.17) is 0 Å². The maximum Gasteiger partial charge on any atom is 0.108 e. The largest absolute Gasteiger partial charge is 0.329 e. The van der Waals surface area contributed by atoms with Gasteiger partial charge in [0.2, 0.25) is 0 Å². The van der Waals surface area contributed by atoms with Gasteiger partial charge in [-0.25, -0.2) is 9.97 Å². The Bertz CT molecular complexity index is 762. The number of halogens is 2. The first-order valence-electron chi connectivity index (χ1n) is 7.28. The van der Waals surface area contributed by atoms with Crippen molar-refractivity contribution < 1.29 is 0 Å². The molecular weight excluding hydrogens is 331 g/mol. The normalized spacial score (nSPS) is 10.0. The monoisotopic (exact) mass is 352 g/mol. The molecule has 0 aliphatic rings. The molecule has 2 aromatic heterocycles. The third-order valence-corrected chi connectivity index (χ3v) is 3.87. The third-order valence-electron chi connectivity index (χ3n) is 3.87. The van der Waals surface area contributed by atoms with Gasteiger partial charge in [0, 0.05) is 30.7 Å². The van der Waals surface area contributed by atoms with Crippen LogP contribution in [0.4, 0.5) is 0 Å². The maximum atomic E-state index is 4.51. The van der Waals surface area contributed by atoms with Crippen LogP contribution in [-0.4, -0.2) is 19.1 Å². The topological polar surface area (TPSA) is 35.6 Å². The molecule has 1 aromatic carbocycles. The number of aryl methyl sites for hydroxylation is 3. The molecule has 3 rings (SSSR count). The Hall–Kier alpha value is -1.78. The van der Waals surface area contributed by atoms with Gasteiger partial charge in [-0.15, -0.1) is 24.8 Å². The number of aromatic nitrogens is 4. The van der Waals surface area contributed by atoms with Crippen molar-refractivity contribution in [3.05, 3.63) is 65.8 Å². The Kier molecular flexibility index (Phi) is 6.85. The van der Waals surface area contributed by atoms with Gasteiger partial charge in [-0.05, 0) is 37.1 Å². The molecule has 0 fully saturated rings. The van der Waals surface area contributed by atoms with E-state index in [0.29, 0.717) is 0 Å². The minimum atomic E-state index is 0. The highest BCUT2D eigenvalue weighted by atomic mass is 35.5. The molecule has 0 saturated carbocycles. The SMILES string of the molecule is CCc1nccn1Cc1cn(-c2ccc(C)c(C)c2)cn1.Cl.Cl. The summed E-state index contributed by atoms with van der Waals surface area (Å²) in [6, 6.07) is 6.47. The van der Waals surface area contributed by atoms with E-state index in [1.165, 1.54) is 11.1 Å². The van der Waals surface area contributed by atoms with Crippen molar-refractivity contribution in [1.29, 1.82) is 0 Å². The molecule has 0 unspecified atom stereocenters. The van der Waals surface area contributed by atoms with Crippen molar-refractivity contribution in [2.75, 3.05) is 0 Å². The molecule has 0 saturated heterocycles. The van der Waals surface area contributed by atoms with E-state index in [9.17, 15) is 0 Å². The first-order valence-corrected chi connectivity index (χ1v) is 7.28. The zero-order valence-corrected chi connectivity index (χ0v) is 15.2. The number of nitrogens with zero attached hydrogens (tertiary/aromatic N) is 4. The van der Waals surface area contributed by atoms with Gasteiger partial charge in [-0.2, -0.15) is 0 Å². The second-order valence-corrected chi connectivity index (χ2v) is 5.37. The van der Waals surface area contributed by atoms with E-state index in [-0.39, 0.29) is 24.8 Å². The molecule has 0 bridgehead atoms. The molecule has 23 heavy (non-hydrogen) atoms. The van der Waals surface area contributed by atoms with Crippen LogP contribution in [0.1, 0.15) is 29.6 Å². The van der Waals surface area contributed by atoms with Crippen molar-refractivity contribution in [1.82, 2.24) is 19.1 Å². The summed E-state index contributed by atoms with van der Waals surface area (Å²) < 4.78 is 4.22. The van der Waals surface area contributed by atoms with Crippen LogP contribution in [0.5, 0.6) is 0 Å². The summed E-state index contributed by atoms with van der Waals surface area (Å²) in [5, 5.41) is 0. The minimum Gasteiger partial charge on any atom is -0.329 e. The molecule has 2 heterocycles. The average molecular weight is 353 g/mol. The molecule has 0 aliphatic carbocycles. The molecular formula is C17H22Cl2N4. The van der Waals surface area contributed by atoms with Crippen molar-refractivity contribution in [2.45, 2.75) is 33.7 Å². The summed E-state index contributed by atoms with van der Waals surface area (Å²) in [4.78, 5) is 8.85. The fourth-order valence-corrected chi connectivity index (χ4v) is 2.45. The van der Waals surface area contributed by atoms with E-state index < -0.39 is 0 Å². The molecule has 124 valence electrons. The highest BCUT2D eigenvalue weighted by Crippen LogP contribution is 2.15. The highest BCUT2D eigenvalue weighted by molar-refractivity contribution is 5.85. The second-order valence-electron chi connectivity index (χ2n) is 5.37. The number of rotatable bonds is 4. The Morgan fingerprint density at radius 3 is 2.52 bits per heavy atom. The lowest BCUT2D eigenvalue weighted by Gasteiger charge is -2.06. The fourth-order valence-electron chi connectivity index (χ4n) is 2.45. The Labute approximate surface area is 149 Å². The molecule has 0 spiro atoms. The lowest BCUT2D eigenvalue weighted by atomic mass is 10.1. The molecule has 3 aromatic rings. The van der Waals surface area contributed by atoms with Gasteiger partial charge in [0.05, 0.1) is 18.6 Å². The van der Waals surface area contributed by atoms with Gasteiger partial charge in [0.15, 0.2) is 0 Å². The Morgan fingerprint density at radius 1 is 1.04 bits per heavy atom. The lowest BCUT2D eigenvalue weighted by molar-refractivity contribution is 0.719. The van der Waals surface area contributed by atoms with E-state index in [1.807, 2.05) is 18.7 Å². The average Bonchev–Trinajstić information content (AvgIpc) is 3.11. The zero-order chi connectivity index (χ0) is 14.8. The van der Waals surface area contributed by atoms with Crippen molar-refractivity contribution in [2.24, 2.45) is 0 Å². The lowest BCUT2D eigenvalue weighted by Crippen LogP contribution is -2.03. The molecule has 0 amide bonds. The standard InChI is InChI=1S/C17H20N4.2ClH/c1-4-17-18-7-8-20(17)10-15-11-21(12-19-15)16-6-5-13(2)14(3)9-16;;/h5-9,11-12H,4,10H2,1-3H3;2*1H. The van der Waals surface area contributed by atoms with Crippen LogP contribution >= 0.6 is 24.8 Å². The quantitative estimate of drug-likeness (QED) is 0.707. The predicted octanol–water partition coefficient (Wildman–Crippen LogP) is 4.14. The van der Waals surface area contributed by atoms with Crippen LogP contribution < -0.4 is 0 Å². The smallest absolute Gasteiger partial charge is 0.108 e. The van der Waals surface area contributed by atoms with Crippen LogP contribution in [0, 0.1) is 13.8 Å². The van der Waals surface area contributed by atoms with Crippen LogP contribution in [0.3, 0.4) is 0 Å². The first kappa shape index (κ1) is 19.3. The molecule has 0 atom stereocenters. The predicted molar refractivity (Wildman–Crippen MR) is 98.2 cm³/mol. The van der Waals surface area contributed by atoms with E-state index in [0.717, 1.165) is 30.2 Å². The van der Waals surface area contributed by atoms with Crippen LogP contribution in [0.2, 0.25) is 0 Å². The van der Waals surface area contributed by atoms with Crippen LogP contribution in [-0.2, 0) is 13.0 Å². The number of hydrogen-bond donors (Lipinski definition) is 0. The van der Waals surface area contributed by atoms with Gasteiger partial charge >= 0.3 is 0 Å². The Balaban J connectivity index is 0.00000132. The summed E-state index contributed by atoms with van der Waals surface area (Å²) in [5.74, 6) is 1.09. The van der Waals surface area contributed by atoms with Gasteiger partial charge < -0.3 is 9.13 Å². The third kappa shape index (κ3) is 4.15. The summed E-state index contributed by atoms with van der Waals surface area (Å²) in [6.07, 6.45) is 8.75. The van der Waals surface area contributed by atoms with Gasteiger partial charge in [-0.3, -0.25) is 0 Å². The van der Waals surface area contributed by atoms with Gasteiger partial charge in [0.1, 0.15) is 5.82 Å². The minimum absolute atomic E-state index is 0. The fraction of sp³-hybridized carbons (Fsp3) is 0.294. The van der Waals surface area contributed by atoms with E-state index in [1.54, 1.807) is 0 Å². The van der Waals surface area contributed by atoms with Crippen molar-refractivity contribution in [3.63, 3.8) is 0 Å².